The van der Waals surface area contributed by atoms with E-state index in [4.69, 9.17) is 22.1 Å². The first kappa shape index (κ1) is 16.7. The molecule has 0 aliphatic carbocycles. The molecule has 3 N–H and O–H groups in total. The van der Waals surface area contributed by atoms with Crippen molar-refractivity contribution in [1.29, 1.82) is 0 Å². The topological polar surface area (TPSA) is 98.5 Å². The zero-order chi connectivity index (χ0) is 15.3. The van der Waals surface area contributed by atoms with E-state index in [1.807, 2.05) is 0 Å². The molecule has 0 heterocycles. The number of nitrogens with one attached hydrogen (secondary N) is 1. The summed E-state index contributed by atoms with van der Waals surface area (Å²) in [5.74, 6) is -0.105. The molecule has 1 atom stereocenters. The number of sulfone groups is 1. The van der Waals surface area contributed by atoms with Crippen molar-refractivity contribution in [3.63, 3.8) is 0 Å². The van der Waals surface area contributed by atoms with Gasteiger partial charge in [-0.25, -0.2) is 8.42 Å². The predicted molar refractivity (Wildman–Crippen MR) is 78.9 cm³/mol. The molecule has 0 saturated carbocycles. The Balaban J connectivity index is 2.70. The van der Waals surface area contributed by atoms with Crippen molar-refractivity contribution in [2.75, 3.05) is 24.4 Å². The van der Waals surface area contributed by atoms with Crippen molar-refractivity contribution in [1.82, 2.24) is 0 Å². The highest BCUT2D eigenvalue weighted by molar-refractivity contribution is 7.90. The lowest BCUT2D eigenvalue weighted by Gasteiger charge is -2.13. The van der Waals surface area contributed by atoms with Gasteiger partial charge in [0.25, 0.3) is 0 Å². The van der Waals surface area contributed by atoms with Gasteiger partial charge in [0, 0.05) is 12.3 Å². The van der Waals surface area contributed by atoms with E-state index < -0.39 is 21.8 Å². The maximum atomic E-state index is 11.9. The molecule has 0 aliphatic rings. The fourth-order valence-corrected chi connectivity index (χ4v) is 2.27. The summed E-state index contributed by atoms with van der Waals surface area (Å²) in [6.45, 7) is 0. The summed E-state index contributed by atoms with van der Waals surface area (Å²) in [5, 5.41) is 2.89. The van der Waals surface area contributed by atoms with Gasteiger partial charge in [-0.1, -0.05) is 11.6 Å². The van der Waals surface area contributed by atoms with Crippen LogP contribution < -0.4 is 15.8 Å². The van der Waals surface area contributed by atoms with Crippen molar-refractivity contribution in [3.8, 4) is 5.75 Å². The molecule has 1 aromatic rings. The fourth-order valence-electron chi connectivity index (χ4n) is 1.42. The van der Waals surface area contributed by atoms with E-state index in [2.05, 4.69) is 5.32 Å². The molecule has 0 aliphatic heterocycles. The number of hydrogen-bond acceptors (Lipinski definition) is 5. The van der Waals surface area contributed by atoms with Crippen molar-refractivity contribution < 1.29 is 17.9 Å². The minimum atomic E-state index is -3.15. The molecule has 8 heteroatoms. The van der Waals surface area contributed by atoms with E-state index >= 15 is 0 Å². The Bertz CT molecular complexity index is 589. The lowest BCUT2D eigenvalue weighted by atomic mass is 10.2. The first-order valence-electron chi connectivity index (χ1n) is 5.80. The van der Waals surface area contributed by atoms with Gasteiger partial charge < -0.3 is 15.8 Å². The van der Waals surface area contributed by atoms with Crippen LogP contribution in [-0.4, -0.2) is 39.5 Å². The highest BCUT2D eigenvalue weighted by atomic mass is 35.5. The summed E-state index contributed by atoms with van der Waals surface area (Å²) in [7, 11) is -1.66. The van der Waals surface area contributed by atoms with Crippen LogP contribution in [0.4, 0.5) is 5.69 Å². The van der Waals surface area contributed by atoms with Crippen LogP contribution in [-0.2, 0) is 14.6 Å². The summed E-state index contributed by atoms with van der Waals surface area (Å²) in [6, 6.07) is 3.87. The number of halogens is 1. The van der Waals surface area contributed by atoms with Crippen LogP contribution in [0, 0.1) is 0 Å². The number of carbonyl (C=O) groups is 1. The largest absolute Gasteiger partial charge is 0.497 e. The lowest BCUT2D eigenvalue weighted by molar-refractivity contribution is -0.117. The lowest BCUT2D eigenvalue weighted by Crippen LogP contribution is -2.37. The quantitative estimate of drug-likeness (QED) is 0.816. The second-order valence-corrected chi connectivity index (χ2v) is 7.03. The highest BCUT2D eigenvalue weighted by Crippen LogP contribution is 2.26. The zero-order valence-electron chi connectivity index (χ0n) is 11.2. The number of hydrogen-bond donors (Lipinski definition) is 2. The molecule has 6 nitrogen and oxygen atoms in total. The van der Waals surface area contributed by atoms with E-state index in [0.717, 1.165) is 6.26 Å². The highest BCUT2D eigenvalue weighted by Gasteiger charge is 2.17. The van der Waals surface area contributed by atoms with Gasteiger partial charge in [-0.15, -0.1) is 0 Å². The van der Waals surface area contributed by atoms with Gasteiger partial charge in [-0.3, -0.25) is 4.79 Å². The Morgan fingerprint density at radius 3 is 2.70 bits per heavy atom. The molecule has 0 spiro atoms. The van der Waals surface area contributed by atoms with Crippen LogP contribution in [0.25, 0.3) is 0 Å². The van der Waals surface area contributed by atoms with Gasteiger partial charge in [0.1, 0.15) is 15.6 Å². The molecule has 1 amide bonds. The number of rotatable bonds is 6. The number of benzene rings is 1. The summed E-state index contributed by atoms with van der Waals surface area (Å²) < 4.78 is 27.1. The van der Waals surface area contributed by atoms with E-state index in [1.165, 1.54) is 7.11 Å². The zero-order valence-corrected chi connectivity index (χ0v) is 12.8. The minimum Gasteiger partial charge on any atom is -0.497 e. The average molecular weight is 321 g/mol. The summed E-state index contributed by atoms with van der Waals surface area (Å²) in [4.78, 5) is 11.9. The van der Waals surface area contributed by atoms with Crippen LogP contribution in [0.1, 0.15) is 6.42 Å². The second kappa shape index (κ2) is 6.92. The number of ether oxygens (including phenoxy) is 1. The summed E-state index contributed by atoms with van der Waals surface area (Å²) >= 11 is 5.94. The van der Waals surface area contributed by atoms with Gasteiger partial charge in [0.2, 0.25) is 5.91 Å². The first-order chi connectivity index (χ1) is 9.23. The van der Waals surface area contributed by atoms with Crippen LogP contribution in [0.3, 0.4) is 0 Å². The van der Waals surface area contributed by atoms with Crippen LogP contribution in [0.2, 0.25) is 5.02 Å². The molecular formula is C12H17ClN2O4S. The number of anilines is 1. The third kappa shape index (κ3) is 5.36. The summed E-state index contributed by atoms with van der Waals surface area (Å²) in [6.07, 6.45) is 1.14. The third-order valence-corrected chi connectivity index (χ3v) is 3.87. The van der Waals surface area contributed by atoms with E-state index in [-0.39, 0.29) is 12.2 Å². The van der Waals surface area contributed by atoms with Gasteiger partial charge >= 0.3 is 0 Å². The SMILES string of the molecule is COc1ccc(Cl)c(NC(=O)C(N)CCS(C)(=O)=O)c1. The Morgan fingerprint density at radius 1 is 1.50 bits per heavy atom. The average Bonchev–Trinajstić information content (AvgIpc) is 2.37. The smallest absolute Gasteiger partial charge is 0.241 e. The van der Waals surface area contributed by atoms with Crippen LogP contribution in [0.15, 0.2) is 18.2 Å². The molecule has 1 aromatic carbocycles. The molecule has 0 radical (unpaired) electrons. The first-order valence-corrected chi connectivity index (χ1v) is 8.24. The Labute approximate surface area is 123 Å². The maximum Gasteiger partial charge on any atom is 0.241 e. The number of methoxy groups -OCH3 is 1. The number of carbonyl (C=O) groups excluding carboxylic acids is 1. The normalized spacial score (nSPS) is 12.8. The molecular weight excluding hydrogens is 304 g/mol. The standard InChI is InChI=1S/C12H17ClN2O4S/c1-19-8-3-4-9(13)11(7-8)15-12(16)10(14)5-6-20(2,17)18/h3-4,7,10H,5-6,14H2,1-2H3,(H,15,16). The Morgan fingerprint density at radius 2 is 2.15 bits per heavy atom. The molecule has 20 heavy (non-hydrogen) atoms. The van der Waals surface area contributed by atoms with Gasteiger partial charge in [0.15, 0.2) is 0 Å². The molecule has 1 unspecified atom stereocenters. The Kier molecular flexibility index (Phi) is 5.79. The third-order valence-electron chi connectivity index (χ3n) is 2.57. The molecule has 0 bridgehead atoms. The van der Waals surface area contributed by atoms with Crippen LogP contribution >= 0.6 is 11.6 Å². The number of nitrogens with two attached hydrogens (primary N) is 1. The molecule has 0 saturated heterocycles. The van der Waals surface area contributed by atoms with Gasteiger partial charge in [0.05, 0.1) is 29.6 Å². The van der Waals surface area contributed by atoms with Gasteiger partial charge in [-0.05, 0) is 18.6 Å². The van der Waals surface area contributed by atoms with Crippen molar-refractivity contribution in [2.24, 2.45) is 5.73 Å². The predicted octanol–water partition coefficient (Wildman–Crippen LogP) is 1.05. The Hall–Kier alpha value is -1.31. The van der Waals surface area contributed by atoms with Crippen molar-refractivity contribution in [3.05, 3.63) is 23.2 Å². The van der Waals surface area contributed by atoms with Crippen molar-refractivity contribution >= 4 is 33.0 Å². The molecule has 112 valence electrons. The molecule has 1 rings (SSSR count). The molecule has 0 aromatic heterocycles. The van der Waals surface area contributed by atoms with Crippen LogP contribution in [0.5, 0.6) is 5.75 Å². The van der Waals surface area contributed by atoms with Gasteiger partial charge in [-0.2, -0.15) is 0 Å². The molecule has 0 fully saturated rings. The van der Waals surface area contributed by atoms with Crippen molar-refractivity contribution in [2.45, 2.75) is 12.5 Å². The summed E-state index contributed by atoms with van der Waals surface area (Å²) in [5.41, 5.74) is 6.01. The van der Waals surface area contributed by atoms with E-state index in [1.54, 1.807) is 18.2 Å². The second-order valence-electron chi connectivity index (χ2n) is 4.36. The minimum absolute atomic E-state index is 0.0479. The number of amides is 1. The fraction of sp³-hybridized carbons (Fsp3) is 0.417. The maximum absolute atomic E-state index is 11.9. The van der Waals surface area contributed by atoms with E-state index in [0.29, 0.717) is 16.5 Å². The monoisotopic (exact) mass is 320 g/mol. The van der Waals surface area contributed by atoms with E-state index in [9.17, 15) is 13.2 Å².